The molecule has 1 heterocycles. The Morgan fingerprint density at radius 2 is 1.72 bits per heavy atom. The van der Waals surface area contributed by atoms with Crippen molar-refractivity contribution >= 4 is 5.91 Å². The highest BCUT2D eigenvalue weighted by atomic mass is 16.5. The molecule has 1 saturated heterocycles. The van der Waals surface area contributed by atoms with Crippen LogP contribution >= 0.6 is 0 Å². The predicted molar refractivity (Wildman–Crippen MR) is 99.8 cm³/mol. The molecule has 0 bridgehead atoms. The fraction of sp³-hybridized carbons (Fsp3) is 0.381. The highest BCUT2D eigenvalue weighted by Gasteiger charge is 2.23. The summed E-state index contributed by atoms with van der Waals surface area (Å²) in [5.74, 6) is -0.0130. The lowest BCUT2D eigenvalue weighted by atomic mass is 10.0. The van der Waals surface area contributed by atoms with Gasteiger partial charge in [0, 0.05) is 25.2 Å². The van der Waals surface area contributed by atoms with Gasteiger partial charge in [-0.1, -0.05) is 47.5 Å². The molecule has 25 heavy (non-hydrogen) atoms. The molecule has 1 aliphatic heterocycles. The van der Waals surface area contributed by atoms with E-state index < -0.39 is 0 Å². The van der Waals surface area contributed by atoms with Gasteiger partial charge in [0.15, 0.2) is 0 Å². The van der Waals surface area contributed by atoms with Gasteiger partial charge in [0.2, 0.25) is 0 Å². The second-order valence-electron chi connectivity index (χ2n) is 6.66. The molecule has 0 unspecified atom stereocenters. The lowest BCUT2D eigenvalue weighted by Crippen LogP contribution is -2.43. The largest absolute Gasteiger partial charge is 0.379 e. The van der Waals surface area contributed by atoms with Crippen LogP contribution in [-0.2, 0) is 4.74 Å². The third-order valence-corrected chi connectivity index (χ3v) is 4.61. The van der Waals surface area contributed by atoms with E-state index in [-0.39, 0.29) is 11.9 Å². The van der Waals surface area contributed by atoms with E-state index in [9.17, 15) is 4.79 Å². The number of morpholine rings is 1. The van der Waals surface area contributed by atoms with Gasteiger partial charge in [-0.3, -0.25) is 9.69 Å². The van der Waals surface area contributed by atoms with Gasteiger partial charge in [0.1, 0.15) is 0 Å². The smallest absolute Gasteiger partial charge is 0.251 e. The highest BCUT2D eigenvalue weighted by Crippen LogP contribution is 2.21. The minimum Gasteiger partial charge on any atom is -0.379 e. The Morgan fingerprint density at radius 1 is 1.08 bits per heavy atom. The summed E-state index contributed by atoms with van der Waals surface area (Å²) in [6.45, 7) is 7.89. The summed E-state index contributed by atoms with van der Waals surface area (Å²) in [5, 5.41) is 3.13. The van der Waals surface area contributed by atoms with Gasteiger partial charge in [0.05, 0.1) is 19.3 Å². The number of aryl methyl sites for hydroxylation is 2. The van der Waals surface area contributed by atoms with Crippen molar-refractivity contribution in [3.63, 3.8) is 0 Å². The van der Waals surface area contributed by atoms with Gasteiger partial charge in [-0.15, -0.1) is 0 Å². The number of rotatable bonds is 5. The molecule has 2 aromatic carbocycles. The van der Waals surface area contributed by atoms with E-state index in [1.807, 2.05) is 32.0 Å². The summed E-state index contributed by atoms with van der Waals surface area (Å²) in [7, 11) is 0. The van der Waals surface area contributed by atoms with Gasteiger partial charge in [-0.25, -0.2) is 0 Å². The molecular weight excluding hydrogens is 312 g/mol. The van der Waals surface area contributed by atoms with E-state index >= 15 is 0 Å². The second-order valence-corrected chi connectivity index (χ2v) is 6.66. The van der Waals surface area contributed by atoms with Crippen LogP contribution < -0.4 is 5.32 Å². The van der Waals surface area contributed by atoms with Crippen LogP contribution in [0.25, 0.3) is 0 Å². The molecule has 0 aliphatic carbocycles. The van der Waals surface area contributed by atoms with Crippen molar-refractivity contribution in [2.24, 2.45) is 0 Å². The normalized spacial score (nSPS) is 16.4. The molecule has 4 heteroatoms. The Hall–Kier alpha value is -2.17. The minimum atomic E-state index is -0.0130. The Labute approximate surface area is 149 Å². The van der Waals surface area contributed by atoms with Crippen LogP contribution in [0.2, 0.25) is 0 Å². The van der Waals surface area contributed by atoms with Crippen molar-refractivity contribution in [1.82, 2.24) is 10.2 Å². The molecule has 2 aromatic rings. The zero-order valence-electron chi connectivity index (χ0n) is 15.0. The molecule has 132 valence electrons. The van der Waals surface area contributed by atoms with E-state index in [2.05, 4.69) is 40.5 Å². The summed E-state index contributed by atoms with van der Waals surface area (Å²) in [6.07, 6.45) is 0. The Bertz CT molecular complexity index is 689. The molecule has 0 saturated carbocycles. The van der Waals surface area contributed by atoms with E-state index in [0.29, 0.717) is 6.54 Å². The first-order valence-electron chi connectivity index (χ1n) is 8.87. The lowest BCUT2D eigenvalue weighted by molar-refractivity contribution is 0.0162. The minimum absolute atomic E-state index is 0.0130. The molecule has 1 amide bonds. The fourth-order valence-electron chi connectivity index (χ4n) is 3.42. The average Bonchev–Trinajstić information content (AvgIpc) is 2.63. The first-order valence-corrected chi connectivity index (χ1v) is 8.87. The van der Waals surface area contributed by atoms with Gasteiger partial charge in [-0.05, 0) is 31.5 Å². The molecule has 4 nitrogen and oxygen atoms in total. The number of ether oxygens (including phenoxy) is 1. The van der Waals surface area contributed by atoms with Crippen molar-refractivity contribution in [3.05, 3.63) is 70.8 Å². The SMILES string of the molecule is Cc1cc(C)cc(C(=O)NC[C@H](c2ccccc2)N2CCOCC2)c1. The first-order chi connectivity index (χ1) is 12.1. The summed E-state index contributed by atoms with van der Waals surface area (Å²) in [5.41, 5.74) is 4.17. The van der Waals surface area contributed by atoms with Crippen LogP contribution in [0.15, 0.2) is 48.5 Å². The number of amides is 1. The molecule has 0 aromatic heterocycles. The highest BCUT2D eigenvalue weighted by molar-refractivity contribution is 5.94. The molecule has 1 atom stereocenters. The number of benzene rings is 2. The molecule has 0 radical (unpaired) electrons. The number of hydrogen-bond donors (Lipinski definition) is 1. The molecule has 1 aliphatic rings. The molecular formula is C21H26N2O2. The Morgan fingerprint density at radius 3 is 2.36 bits per heavy atom. The number of hydrogen-bond acceptors (Lipinski definition) is 3. The number of carbonyl (C=O) groups is 1. The van der Waals surface area contributed by atoms with Crippen LogP contribution in [0.1, 0.15) is 33.1 Å². The predicted octanol–water partition coefficient (Wildman–Crippen LogP) is 3.11. The quantitative estimate of drug-likeness (QED) is 0.911. The number of carbonyl (C=O) groups excluding carboxylic acids is 1. The molecule has 0 spiro atoms. The van der Waals surface area contributed by atoms with Gasteiger partial charge in [-0.2, -0.15) is 0 Å². The first kappa shape index (κ1) is 17.6. The van der Waals surface area contributed by atoms with E-state index in [1.54, 1.807) is 0 Å². The number of nitrogens with zero attached hydrogens (tertiary/aromatic N) is 1. The van der Waals surface area contributed by atoms with Crippen molar-refractivity contribution in [2.75, 3.05) is 32.8 Å². The maximum Gasteiger partial charge on any atom is 0.251 e. The monoisotopic (exact) mass is 338 g/mol. The van der Waals surface area contributed by atoms with E-state index in [0.717, 1.165) is 43.0 Å². The van der Waals surface area contributed by atoms with Crippen LogP contribution in [0.5, 0.6) is 0 Å². The molecule has 1 N–H and O–H groups in total. The molecule has 1 fully saturated rings. The van der Waals surface area contributed by atoms with Crippen molar-refractivity contribution in [2.45, 2.75) is 19.9 Å². The third kappa shape index (κ3) is 4.68. The summed E-state index contributed by atoms with van der Waals surface area (Å²) in [6, 6.07) is 16.5. The fourth-order valence-corrected chi connectivity index (χ4v) is 3.42. The zero-order valence-corrected chi connectivity index (χ0v) is 15.0. The van der Waals surface area contributed by atoms with Gasteiger partial charge >= 0.3 is 0 Å². The van der Waals surface area contributed by atoms with Crippen LogP contribution in [0.4, 0.5) is 0 Å². The van der Waals surface area contributed by atoms with Crippen molar-refractivity contribution in [1.29, 1.82) is 0 Å². The number of nitrogens with one attached hydrogen (secondary N) is 1. The van der Waals surface area contributed by atoms with Crippen LogP contribution in [0.3, 0.4) is 0 Å². The average molecular weight is 338 g/mol. The van der Waals surface area contributed by atoms with Gasteiger partial charge in [0.25, 0.3) is 5.91 Å². The maximum absolute atomic E-state index is 12.6. The molecule has 3 rings (SSSR count). The Balaban J connectivity index is 1.72. The van der Waals surface area contributed by atoms with Crippen LogP contribution in [0, 0.1) is 13.8 Å². The van der Waals surface area contributed by atoms with Crippen LogP contribution in [-0.4, -0.2) is 43.7 Å². The zero-order chi connectivity index (χ0) is 17.6. The topological polar surface area (TPSA) is 41.6 Å². The summed E-state index contributed by atoms with van der Waals surface area (Å²) >= 11 is 0. The Kier molecular flexibility index (Phi) is 5.84. The lowest BCUT2D eigenvalue weighted by Gasteiger charge is -2.35. The van der Waals surface area contributed by atoms with Crippen molar-refractivity contribution in [3.8, 4) is 0 Å². The standard InChI is InChI=1S/C21H26N2O2/c1-16-12-17(2)14-19(13-16)21(24)22-15-20(18-6-4-3-5-7-18)23-8-10-25-11-9-23/h3-7,12-14,20H,8-11,15H2,1-2H3,(H,22,24)/t20-/m1/s1. The summed E-state index contributed by atoms with van der Waals surface area (Å²) in [4.78, 5) is 15.0. The third-order valence-electron chi connectivity index (χ3n) is 4.61. The van der Waals surface area contributed by atoms with E-state index in [1.165, 1.54) is 5.56 Å². The van der Waals surface area contributed by atoms with Gasteiger partial charge < -0.3 is 10.1 Å². The summed E-state index contributed by atoms with van der Waals surface area (Å²) < 4.78 is 5.48. The van der Waals surface area contributed by atoms with E-state index in [4.69, 9.17) is 4.74 Å². The maximum atomic E-state index is 12.6. The second kappa shape index (κ2) is 8.28. The van der Waals surface area contributed by atoms with Crippen molar-refractivity contribution < 1.29 is 9.53 Å².